The number of piperazine rings is 1. The first-order valence-corrected chi connectivity index (χ1v) is 15.0. The fourth-order valence-electron chi connectivity index (χ4n) is 4.31. The van der Waals surface area contributed by atoms with Crippen molar-refractivity contribution in [1.29, 1.82) is 0 Å². The van der Waals surface area contributed by atoms with Gasteiger partial charge in [0.05, 0.1) is 15.4 Å². The maximum atomic E-state index is 12.8. The van der Waals surface area contributed by atoms with Crippen molar-refractivity contribution in [3.05, 3.63) is 83.4 Å². The lowest BCUT2D eigenvalue weighted by molar-refractivity contribution is 0.0955. The third-order valence-corrected chi connectivity index (χ3v) is 7.98. The molecule has 5 rings (SSSR count). The molecule has 3 N–H and O–H groups in total. The Morgan fingerprint density at radius 2 is 1.79 bits per heavy atom. The summed E-state index contributed by atoms with van der Waals surface area (Å²) in [7, 11) is 0.999. The second kappa shape index (κ2) is 12.4. The van der Waals surface area contributed by atoms with Crippen LogP contribution in [0.3, 0.4) is 0 Å². The summed E-state index contributed by atoms with van der Waals surface area (Å²) >= 11 is 1.38. The second-order valence-electron chi connectivity index (χ2n) is 9.33. The van der Waals surface area contributed by atoms with E-state index in [4.69, 9.17) is 4.98 Å². The quantitative estimate of drug-likeness (QED) is 0.279. The Morgan fingerprint density at radius 3 is 2.62 bits per heavy atom. The molecule has 1 aliphatic rings. The van der Waals surface area contributed by atoms with Crippen LogP contribution in [0.15, 0.2) is 72.9 Å². The Labute approximate surface area is 234 Å². The lowest BCUT2D eigenvalue weighted by Gasteiger charge is -2.34. The minimum absolute atomic E-state index is 0.156. The zero-order valence-corrected chi connectivity index (χ0v) is 23.5. The van der Waals surface area contributed by atoms with Crippen LogP contribution < -0.4 is 20.3 Å². The Hall–Kier alpha value is -3.80. The van der Waals surface area contributed by atoms with Gasteiger partial charge >= 0.3 is 0 Å². The Kier molecular flexibility index (Phi) is 8.50. The van der Waals surface area contributed by atoms with Crippen molar-refractivity contribution in [2.75, 3.05) is 54.4 Å². The number of hydrogen-bond donors (Lipinski definition) is 3. The molecule has 2 aromatic heterocycles. The highest BCUT2D eigenvalue weighted by Crippen LogP contribution is 2.28. The molecule has 3 heterocycles. The molecule has 1 amide bonds. The number of benzene rings is 2. The minimum atomic E-state index is -1.15. The molecule has 39 heavy (non-hydrogen) atoms. The van der Waals surface area contributed by atoms with E-state index < -0.39 is 11.0 Å². The van der Waals surface area contributed by atoms with E-state index in [1.807, 2.05) is 54.6 Å². The Bertz CT molecular complexity index is 1470. The van der Waals surface area contributed by atoms with Gasteiger partial charge in [0.25, 0.3) is 5.91 Å². The maximum Gasteiger partial charge on any atom is 0.261 e. The van der Waals surface area contributed by atoms with Gasteiger partial charge in [0, 0.05) is 62.2 Å². The number of aromatic nitrogens is 2. The van der Waals surface area contributed by atoms with E-state index in [1.165, 1.54) is 17.0 Å². The molecular weight excluding hydrogens is 530 g/mol. The molecule has 11 heteroatoms. The first-order chi connectivity index (χ1) is 18.9. The van der Waals surface area contributed by atoms with Crippen molar-refractivity contribution >= 4 is 51.2 Å². The molecule has 0 saturated carbocycles. The van der Waals surface area contributed by atoms with Gasteiger partial charge in [-0.05, 0) is 61.1 Å². The smallest absolute Gasteiger partial charge is 0.261 e. The molecule has 1 fully saturated rings. The van der Waals surface area contributed by atoms with Crippen molar-refractivity contribution in [1.82, 2.24) is 20.2 Å². The fraction of sp³-hybridized carbons (Fsp3) is 0.250. The van der Waals surface area contributed by atoms with E-state index in [-0.39, 0.29) is 5.91 Å². The van der Waals surface area contributed by atoms with Crippen LogP contribution >= 0.6 is 11.3 Å². The molecule has 4 aromatic rings. The van der Waals surface area contributed by atoms with Crippen molar-refractivity contribution < 1.29 is 9.00 Å². The number of nitrogens with zero attached hydrogens (tertiary/aromatic N) is 4. The third-order valence-electron chi connectivity index (χ3n) is 6.35. The average Bonchev–Trinajstić information content (AvgIpc) is 3.43. The zero-order chi connectivity index (χ0) is 27.2. The first-order valence-electron chi connectivity index (χ1n) is 12.6. The first kappa shape index (κ1) is 26.8. The molecule has 9 nitrogen and oxygen atoms in total. The highest BCUT2D eigenvalue weighted by molar-refractivity contribution is 7.85. The summed E-state index contributed by atoms with van der Waals surface area (Å²) in [6, 6.07) is 21.4. The van der Waals surface area contributed by atoms with Gasteiger partial charge in [-0.3, -0.25) is 4.79 Å². The number of carbonyl (C=O) groups is 1. The summed E-state index contributed by atoms with van der Waals surface area (Å²) in [6.07, 6.45) is 3.30. The van der Waals surface area contributed by atoms with Gasteiger partial charge in [-0.1, -0.05) is 18.2 Å². The fourth-order valence-corrected chi connectivity index (χ4v) is 5.66. The monoisotopic (exact) mass is 561 g/mol. The highest BCUT2D eigenvalue weighted by Gasteiger charge is 2.15. The SMILES string of the molecule is CN1CCN(c2cccc(Nc3nccc(-c4ccc(C(=O)NCc5cccc(NS(C)=O)c5)s4)n3)c2)CC1. The summed E-state index contributed by atoms with van der Waals surface area (Å²) in [5.41, 5.74) is 4.53. The number of likely N-dealkylation sites (N-methyl/N-ethyl adjacent to an activating group) is 1. The van der Waals surface area contributed by atoms with Crippen molar-refractivity contribution in [3.63, 3.8) is 0 Å². The number of carbonyl (C=O) groups excluding carboxylic acids is 1. The molecule has 1 aliphatic heterocycles. The molecule has 202 valence electrons. The van der Waals surface area contributed by atoms with Crippen LogP contribution in [0.2, 0.25) is 0 Å². The van der Waals surface area contributed by atoms with Crippen LogP contribution in [0.25, 0.3) is 10.6 Å². The number of rotatable bonds is 9. The molecule has 0 bridgehead atoms. The maximum absolute atomic E-state index is 12.8. The summed E-state index contributed by atoms with van der Waals surface area (Å²) in [6.45, 7) is 4.48. The standard InChI is InChI=1S/C28H31N7O2S2/c1-34-13-15-35(16-14-34)23-8-4-6-21(18-23)31-28-29-12-11-24(32-28)25-9-10-26(38-25)27(36)30-19-20-5-3-7-22(17-20)33-39(2)37/h3-12,17-18,33H,13-16,19H2,1-2H3,(H,30,36)(H,29,31,32). The zero-order valence-electron chi connectivity index (χ0n) is 21.9. The van der Waals surface area contributed by atoms with Gasteiger partial charge in [0.1, 0.15) is 11.0 Å². The number of hydrogen-bond acceptors (Lipinski definition) is 8. The largest absolute Gasteiger partial charge is 0.369 e. The molecule has 0 radical (unpaired) electrons. The molecular formula is C28H31N7O2S2. The molecule has 1 atom stereocenters. The predicted octanol–water partition coefficient (Wildman–Crippen LogP) is 4.34. The normalized spacial score (nSPS) is 14.6. The van der Waals surface area contributed by atoms with Gasteiger partial charge in [0.15, 0.2) is 0 Å². The summed E-state index contributed by atoms with van der Waals surface area (Å²) < 4.78 is 14.3. The van der Waals surface area contributed by atoms with Crippen LogP contribution in [-0.4, -0.2) is 64.5 Å². The van der Waals surface area contributed by atoms with E-state index in [9.17, 15) is 9.00 Å². The van der Waals surface area contributed by atoms with Crippen LogP contribution in [0, 0.1) is 0 Å². The molecule has 2 aromatic carbocycles. The highest BCUT2D eigenvalue weighted by atomic mass is 32.2. The average molecular weight is 562 g/mol. The van der Waals surface area contributed by atoms with E-state index in [0.29, 0.717) is 17.4 Å². The third kappa shape index (κ3) is 7.20. The topological polar surface area (TPSA) is 102 Å². The van der Waals surface area contributed by atoms with Crippen LogP contribution in [-0.2, 0) is 17.5 Å². The van der Waals surface area contributed by atoms with Crippen molar-refractivity contribution in [2.24, 2.45) is 0 Å². The molecule has 1 saturated heterocycles. The van der Waals surface area contributed by atoms with E-state index >= 15 is 0 Å². The van der Waals surface area contributed by atoms with Crippen LogP contribution in [0.1, 0.15) is 15.2 Å². The minimum Gasteiger partial charge on any atom is -0.369 e. The summed E-state index contributed by atoms with van der Waals surface area (Å²) in [5.74, 6) is 0.348. The molecule has 0 spiro atoms. The molecule has 1 unspecified atom stereocenters. The molecule has 0 aliphatic carbocycles. The number of anilines is 4. The number of amides is 1. The number of nitrogens with one attached hydrogen (secondary N) is 3. The second-order valence-corrected chi connectivity index (χ2v) is 11.5. The lowest BCUT2D eigenvalue weighted by Crippen LogP contribution is -2.44. The van der Waals surface area contributed by atoms with Gasteiger partial charge in [0.2, 0.25) is 5.95 Å². The van der Waals surface area contributed by atoms with E-state index in [1.54, 1.807) is 12.5 Å². The van der Waals surface area contributed by atoms with Crippen molar-refractivity contribution in [2.45, 2.75) is 6.54 Å². The van der Waals surface area contributed by atoms with Crippen molar-refractivity contribution in [3.8, 4) is 10.6 Å². The number of thiophene rings is 1. The van der Waals surface area contributed by atoms with Crippen LogP contribution in [0.5, 0.6) is 0 Å². The van der Waals surface area contributed by atoms with Gasteiger partial charge in [-0.15, -0.1) is 11.3 Å². The lowest BCUT2D eigenvalue weighted by atomic mass is 10.2. The van der Waals surface area contributed by atoms with Gasteiger partial charge in [-0.25, -0.2) is 14.2 Å². The van der Waals surface area contributed by atoms with Gasteiger partial charge in [-0.2, -0.15) is 0 Å². The van der Waals surface area contributed by atoms with E-state index in [2.05, 4.69) is 49.3 Å². The van der Waals surface area contributed by atoms with E-state index in [0.717, 1.165) is 53.7 Å². The van der Waals surface area contributed by atoms with Gasteiger partial charge < -0.3 is 25.2 Å². The Morgan fingerprint density at radius 1 is 1.00 bits per heavy atom. The summed E-state index contributed by atoms with van der Waals surface area (Å²) in [4.78, 5) is 28.1. The summed E-state index contributed by atoms with van der Waals surface area (Å²) in [5, 5.41) is 6.28. The van der Waals surface area contributed by atoms with Crippen LogP contribution in [0.4, 0.5) is 23.0 Å². The predicted molar refractivity (Wildman–Crippen MR) is 160 cm³/mol. The Balaban J connectivity index is 1.22.